The fourth-order valence-corrected chi connectivity index (χ4v) is 7.55. The summed E-state index contributed by atoms with van der Waals surface area (Å²) in [7, 11) is 0. The van der Waals surface area contributed by atoms with Crippen molar-refractivity contribution in [3.63, 3.8) is 0 Å². The SMILES string of the molecule is CC(O)[C@]12CC[C@H]3[C@@H](CCC4CCCC[C@@]43C)[C@@H]1CCC2=O. The summed E-state index contributed by atoms with van der Waals surface area (Å²) in [4.78, 5) is 12.6. The Bertz CT molecular complexity index is 470. The molecule has 4 saturated carbocycles. The topological polar surface area (TPSA) is 37.3 Å². The second-order valence-electron chi connectivity index (χ2n) is 9.12. The lowest BCUT2D eigenvalue weighted by Gasteiger charge is -2.60. The van der Waals surface area contributed by atoms with Gasteiger partial charge in [0.2, 0.25) is 0 Å². The molecule has 7 atom stereocenters. The van der Waals surface area contributed by atoms with Crippen LogP contribution < -0.4 is 0 Å². The summed E-state index contributed by atoms with van der Waals surface area (Å²) in [5, 5.41) is 10.5. The maximum Gasteiger partial charge on any atom is 0.141 e. The Morgan fingerprint density at radius 3 is 2.64 bits per heavy atom. The van der Waals surface area contributed by atoms with Crippen molar-refractivity contribution in [1.82, 2.24) is 0 Å². The zero-order valence-corrected chi connectivity index (χ0v) is 14.3. The molecule has 4 rings (SSSR count). The Kier molecular flexibility index (Phi) is 3.49. The number of rotatable bonds is 1. The summed E-state index contributed by atoms with van der Waals surface area (Å²) >= 11 is 0. The van der Waals surface area contributed by atoms with Gasteiger partial charge in [-0.25, -0.2) is 0 Å². The molecule has 1 N–H and O–H groups in total. The van der Waals surface area contributed by atoms with E-state index < -0.39 is 6.10 Å². The number of aliphatic hydroxyl groups is 1. The molecule has 4 aliphatic carbocycles. The molecule has 0 heterocycles. The van der Waals surface area contributed by atoms with E-state index in [2.05, 4.69) is 6.92 Å². The summed E-state index contributed by atoms with van der Waals surface area (Å²) in [6.07, 6.45) is 11.8. The highest BCUT2D eigenvalue weighted by molar-refractivity contribution is 5.88. The molecule has 4 fully saturated rings. The van der Waals surface area contributed by atoms with Crippen LogP contribution in [0.4, 0.5) is 0 Å². The number of hydrogen-bond donors (Lipinski definition) is 1. The molecule has 0 radical (unpaired) electrons. The molecule has 0 amide bonds. The number of aliphatic hydroxyl groups excluding tert-OH is 1. The van der Waals surface area contributed by atoms with Gasteiger partial charge in [0.25, 0.3) is 0 Å². The molecule has 0 aromatic rings. The first-order valence-electron chi connectivity index (χ1n) is 9.71. The molecular formula is C20H32O2. The summed E-state index contributed by atoms with van der Waals surface area (Å²) in [5.41, 5.74) is 0.149. The van der Waals surface area contributed by atoms with Gasteiger partial charge in [-0.3, -0.25) is 4.79 Å². The van der Waals surface area contributed by atoms with Crippen molar-refractivity contribution in [2.24, 2.45) is 34.5 Å². The highest BCUT2D eigenvalue weighted by Gasteiger charge is 2.62. The van der Waals surface area contributed by atoms with Crippen molar-refractivity contribution in [2.45, 2.75) is 84.2 Å². The van der Waals surface area contributed by atoms with Crippen LogP contribution in [0.3, 0.4) is 0 Å². The molecule has 2 unspecified atom stereocenters. The molecule has 0 aromatic carbocycles. The standard InChI is InChI=1S/C20H32O2/c1-13(21)20-12-10-16-15(17(20)8-9-18(20)22)7-6-14-5-3-4-11-19(14,16)2/h13-17,21H,3-12H2,1-2H3/t13?,14?,15-,16+,17+,19+,20-/m1/s1. The number of fused-ring (bicyclic) bond motifs is 5. The predicted octanol–water partition coefficient (Wildman–Crippen LogP) is 4.35. The summed E-state index contributed by atoms with van der Waals surface area (Å²) < 4.78 is 0. The second-order valence-corrected chi connectivity index (χ2v) is 9.12. The minimum absolute atomic E-state index is 0.376. The Morgan fingerprint density at radius 2 is 1.86 bits per heavy atom. The molecular weight excluding hydrogens is 272 g/mol. The lowest BCUT2D eigenvalue weighted by Crippen LogP contribution is -2.56. The highest BCUT2D eigenvalue weighted by Crippen LogP contribution is 2.66. The van der Waals surface area contributed by atoms with Crippen LogP contribution in [0.25, 0.3) is 0 Å². The van der Waals surface area contributed by atoms with Crippen LogP contribution in [-0.4, -0.2) is 17.0 Å². The monoisotopic (exact) mass is 304 g/mol. The van der Waals surface area contributed by atoms with Gasteiger partial charge >= 0.3 is 0 Å². The van der Waals surface area contributed by atoms with Gasteiger partial charge in [0.1, 0.15) is 5.78 Å². The first-order chi connectivity index (χ1) is 10.5. The third kappa shape index (κ3) is 1.79. The lowest BCUT2D eigenvalue weighted by molar-refractivity contribution is -0.156. The van der Waals surface area contributed by atoms with Crippen molar-refractivity contribution in [3.8, 4) is 0 Å². The minimum atomic E-state index is -0.453. The molecule has 0 spiro atoms. The number of ketones is 1. The highest BCUT2D eigenvalue weighted by atomic mass is 16.3. The van der Waals surface area contributed by atoms with Crippen LogP contribution in [-0.2, 0) is 4.79 Å². The van der Waals surface area contributed by atoms with Gasteiger partial charge in [-0.2, -0.15) is 0 Å². The Balaban J connectivity index is 1.68. The van der Waals surface area contributed by atoms with Crippen LogP contribution in [0, 0.1) is 34.5 Å². The van der Waals surface area contributed by atoms with Crippen molar-refractivity contribution < 1.29 is 9.90 Å². The molecule has 2 nitrogen and oxygen atoms in total. The van der Waals surface area contributed by atoms with Crippen LogP contribution in [0.5, 0.6) is 0 Å². The van der Waals surface area contributed by atoms with Crippen molar-refractivity contribution >= 4 is 5.78 Å². The largest absolute Gasteiger partial charge is 0.392 e. The van der Waals surface area contributed by atoms with Gasteiger partial charge in [0, 0.05) is 6.42 Å². The van der Waals surface area contributed by atoms with Crippen molar-refractivity contribution in [1.29, 1.82) is 0 Å². The van der Waals surface area contributed by atoms with E-state index in [0.717, 1.165) is 31.1 Å². The average Bonchev–Trinajstić information content (AvgIpc) is 2.85. The van der Waals surface area contributed by atoms with Gasteiger partial charge in [0.05, 0.1) is 11.5 Å². The molecule has 2 heteroatoms. The molecule has 0 aromatic heterocycles. The lowest BCUT2D eigenvalue weighted by atomic mass is 9.44. The normalized spacial score (nSPS) is 52.6. The zero-order valence-electron chi connectivity index (χ0n) is 14.3. The van der Waals surface area contributed by atoms with E-state index in [4.69, 9.17) is 0 Å². The van der Waals surface area contributed by atoms with E-state index in [9.17, 15) is 9.90 Å². The number of carbonyl (C=O) groups is 1. The summed E-state index contributed by atoms with van der Waals surface area (Å²) in [5.74, 6) is 3.29. The number of hydrogen-bond acceptors (Lipinski definition) is 2. The van der Waals surface area contributed by atoms with E-state index >= 15 is 0 Å². The van der Waals surface area contributed by atoms with Gasteiger partial charge in [0.15, 0.2) is 0 Å². The summed E-state index contributed by atoms with van der Waals surface area (Å²) in [6, 6.07) is 0. The van der Waals surface area contributed by atoms with E-state index in [-0.39, 0.29) is 5.41 Å². The van der Waals surface area contributed by atoms with Crippen LogP contribution in [0.15, 0.2) is 0 Å². The first-order valence-corrected chi connectivity index (χ1v) is 9.71. The predicted molar refractivity (Wildman–Crippen MR) is 87.4 cm³/mol. The molecule has 4 aliphatic rings. The van der Waals surface area contributed by atoms with Gasteiger partial charge < -0.3 is 5.11 Å². The van der Waals surface area contributed by atoms with Crippen molar-refractivity contribution in [3.05, 3.63) is 0 Å². The number of Topliss-reactive ketones (excluding diaryl/α,β-unsaturated/α-hetero) is 1. The molecule has 0 saturated heterocycles. The molecule has 0 aliphatic heterocycles. The molecule has 0 bridgehead atoms. The fourth-order valence-electron chi connectivity index (χ4n) is 7.55. The second kappa shape index (κ2) is 5.06. The third-order valence-electron chi connectivity index (χ3n) is 8.66. The van der Waals surface area contributed by atoms with Gasteiger partial charge in [-0.15, -0.1) is 0 Å². The van der Waals surface area contributed by atoms with Crippen molar-refractivity contribution in [2.75, 3.05) is 0 Å². The van der Waals surface area contributed by atoms with E-state index in [1.807, 2.05) is 6.92 Å². The fraction of sp³-hybridized carbons (Fsp3) is 0.950. The Morgan fingerprint density at radius 1 is 1.05 bits per heavy atom. The average molecular weight is 304 g/mol. The summed E-state index contributed by atoms with van der Waals surface area (Å²) in [6.45, 7) is 4.45. The Hall–Kier alpha value is -0.370. The van der Waals surface area contributed by atoms with Crippen LogP contribution in [0.1, 0.15) is 78.1 Å². The van der Waals surface area contributed by atoms with Crippen LogP contribution in [0.2, 0.25) is 0 Å². The van der Waals surface area contributed by atoms with E-state index in [1.54, 1.807) is 0 Å². The van der Waals surface area contributed by atoms with Crippen LogP contribution >= 0.6 is 0 Å². The zero-order chi connectivity index (χ0) is 15.5. The number of carbonyl (C=O) groups excluding carboxylic acids is 1. The quantitative estimate of drug-likeness (QED) is 0.782. The van der Waals surface area contributed by atoms with Gasteiger partial charge in [-0.1, -0.05) is 19.8 Å². The maximum atomic E-state index is 12.6. The first kappa shape index (κ1) is 15.2. The van der Waals surface area contributed by atoms with Gasteiger partial charge in [-0.05, 0) is 81.0 Å². The minimum Gasteiger partial charge on any atom is -0.392 e. The van der Waals surface area contributed by atoms with E-state index in [0.29, 0.717) is 23.0 Å². The Labute approximate surface area is 135 Å². The molecule has 124 valence electrons. The smallest absolute Gasteiger partial charge is 0.141 e. The maximum absolute atomic E-state index is 12.6. The third-order valence-corrected chi connectivity index (χ3v) is 8.66. The molecule has 22 heavy (non-hydrogen) atoms. The van der Waals surface area contributed by atoms with E-state index in [1.165, 1.54) is 44.9 Å².